The van der Waals surface area contributed by atoms with E-state index in [2.05, 4.69) is 9.98 Å². The van der Waals surface area contributed by atoms with Crippen LogP contribution in [-0.4, -0.2) is 35.2 Å². The van der Waals surface area contributed by atoms with Gasteiger partial charge >= 0.3 is 5.69 Å². The summed E-state index contributed by atoms with van der Waals surface area (Å²) in [5.74, 6) is -0.264. The molecule has 0 aliphatic carbocycles. The summed E-state index contributed by atoms with van der Waals surface area (Å²) < 4.78 is 5.18. The van der Waals surface area contributed by atoms with Gasteiger partial charge in [0.25, 0.3) is 11.5 Å². The molecule has 0 spiro atoms. The van der Waals surface area contributed by atoms with E-state index in [4.69, 9.17) is 0 Å². The standard InChI is InChI=1S/C17H20N6O3/c1-11(2)19-12-7-5-6-8-23(12)13(24)9-22-10-18-15-14(22)16(25)21(4)17(26)20(15)3/h5-8,10-11H,9H2,1-4H3. The highest BCUT2D eigenvalue weighted by Crippen LogP contribution is 2.05. The van der Waals surface area contributed by atoms with Gasteiger partial charge in [0.05, 0.1) is 6.33 Å². The van der Waals surface area contributed by atoms with Crippen molar-refractivity contribution in [3.8, 4) is 0 Å². The number of fused-ring (bicyclic) bond motifs is 1. The molecule has 0 fully saturated rings. The van der Waals surface area contributed by atoms with Crippen molar-refractivity contribution in [2.24, 2.45) is 19.1 Å². The molecule has 136 valence electrons. The third-order valence-corrected chi connectivity index (χ3v) is 4.02. The van der Waals surface area contributed by atoms with Gasteiger partial charge in [-0.15, -0.1) is 0 Å². The van der Waals surface area contributed by atoms with Crippen molar-refractivity contribution >= 4 is 17.1 Å². The van der Waals surface area contributed by atoms with Crippen LogP contribution in [0.5, 0.6) is 0 Å². The van der Waals surface area contributed by atoms with E-state index in [9.17, 15) is 14.4 Å². The molecule has 0 N–H and O–H groups in total. The summed E-state index contributed by atoms with van der Waals surface area (Å²) in [5.41, 5.74) is 0.0446. The van der Waals surface area contributed by atoms with Gasteiger partial charge in [-0.3, -0.25) is 28.3 Å². The Kier molecular flexibility index (Phi) is 4.45. The third kappa shape index (κ3) is 2.92. The molecule has 0 amide bonds. The highest BCUT2D eigenvalue weighted by atomic mass is 16.2. The van der Waals surface area contributed by atoms with Gasteiger partial charge in [-0.2, -0.15) is 0 Å². The summed E-state index contributed by atoms with van der Waals surface area (Å²) in [4.78, 5) is 45.8. The minimum absolute atomic E-state index is 0.0346. The Labute approximate surface area is 148 Å². The zero-order valence-corrected chi connectivity index (χ0v) is 15.1. The van der Waals surface area contributed by atoms with E-state index in [0.29, 0.717) is 5.49 Å². The van der Waals surface area contributed by atoms with Gasteiger partial charge in [0.1, 0.15) is 12.0 Å². The molecule has 0 aliphatic rings. The summed E-state index contributed by atoms with van der Waals surface area (Å²) in [7, 11) is 2.93. The fourth-order valence-electron chi connectivity index (χ4n) is 2.75. The smallest absolute Gasteiger partial charge is 0.315 e. The maximum absolute atomic E-state index is 12.8. The maximum atomic E-state index is 12.8. The number of nitrogens with zero attached hydrogens (tertiary/aromatic N) is 6. The van der Waals surface area contributed by atoms with Crippen LogP contribution < -0.4 is 16.7 Å². The van der Waals surface area contributed by atoms with Crippen LogP contribution in [0.1, 0.15) is 18.6 Å². The van der Waals surface area contributed by atoms with E-state index in [0.717, 1.165) is 4.57 Å². The van der Waals surface area contributed by atoms with Gasteiger partial charge in [0, 0.05) is 26.3 Å². The van der Waals surface area contributed by atoms with E-state index in [1.54, 1.807) is 18.3 Å². The van der Waals surface area contributed by atoms with E-state index < -0.39 is 11.2 Å². The summed E-state index contributed by atoms with van der Waals surface area (Å²) in [6.07, 6.45) is 3.03. The fourth-order valence-corrected chi connectivity index (χ4v) is 2.75. The Morgan fingerprint density at radius 1 is 1.19 bits per heavy atom. The number of aryl methyl sites for hydroxylation is 1. The lowest BCUT2D eigenvalue weighted by molar-refractivity contribution is 0.0887. The van der Waals surface area contributed by atoms with Crippen molar-refractivity contribution in [3.63, 3.8) is 0 Å². The Balaban J connectivity index is 2.11. The first-order chi connectivity index (χ1) is 12.3. The molecule has 3 heterocycles. The first kappa shape index (κ1) is 17.6. The molecular weight excluding hydrogens is 336 g/mol. The normalized spacial score (nSPS) is 12.3. The monoisotopic (exact) mass is 356 g/mol. The van der Waals surface area contributed by atoms with Gasteiger partial charge in [-0.05, 0) is 26.0 Å². The number of aromatic nitrogens is 5. The van der Waals surface area contributed by atoms with Crippen LogP contribution in [0, 0.1) is 0 Å². The van der Waals surface area contributed by atoms with E-state index in [-0.39, 0.29) is 29.7 Å². The number of hydrogen-bond donors (Lipinski definition) is 0. The molecule has 0 unspecified atom stereocenters. The number of carbonyl (C=O) groups is 1. The van der Waals surface area contributed by atoms with E-state index in [1.165, 1.54) is 34.1 Å². The van der Waals surface area contributed by atoms with Gasteiger partial charge < -0.3 is 4.57 Å². The summed E-state index contributed by atoms with van der Waals surface area (Å²) in [6, 6.07) is 5.34. The molecule has 0 aliphatic heterocycles. The largest absolute Gasteiger partial charge is 0.332 e. The van der Waals surface area contributed by atoms with Crippen molar-refractivity contribution in [1.82, 2.24) is 23.3 Å². The lowest BCUT2D eigenvalue weighted by Gasteiger charge is -2.09. The Morgan fingerprint density at radius 2 is 1.92 bits per heavy atom. The quantitative estimate of drug-likeness (QED) is 0.654. The SMILES string of the molecule is CC(C)N=c1ccccn1C(=O)Cn1cnc2c1c(=O)n(C)c(=O)n2C. The minimum Gasteiger partial charge on any atom is -0.315 e. The number of carbonyl (C=O) groups excluding carboxylic acids is 1. The second-order valence-corrected chi connectivity index (χ2v) is 6.30. The minimum atomic E-state index is -0.487. The average Bonchev–Trinajstić information content (AvgIpc) is 3.01. The second kappa shape index (κ2) is 6.58. The highest BCUT2D eigenvalue weighted by molar-refractivity contribution is 5.80. The Hall–Kier alpha value is -3.23. The Morgan fingerprint density at radius 3 is 2.62 bits per heavy atom. The summed E-state index contributed by atoms with van der Waals surface area (Å²) in [5, 5.41) is 0. The van der Waals surface area contributed by atoms with Crippen molar-refractivity contribution < 1.29 is 4.79 Å². The van der Waals surface area contributed by atoms with Gasteiger partial charge in [-0.25, -0.2) is 9.78 Å². The molecule has 3 aromatic rings. The number of hydrogen-bond acceptors (Lipinski definition) is 5. The number of pyridine rings is 1. The van der Waals surface area contributed by atoms with Gasteiger partial charge in [-0.1, -0.05) is 6.07 Å². The molecule has 9 heteroatoms. The van der Waals surface area contributed by atoms with Crippen LogP contribution in [0.25, 0.3) is 11.2 Å². The van der Waals surface area contributed by atoms with Crippen LogP contribution in [0.2, 0.25) is 0 Å². The Bertz CT molecular complexity index is 1180. The molecule has 26 heavy (non-hydrogen) atoms. The molecule has 0 bridgehead atoms. The van der Waals surface area contributed by atoms with Crippen LogP contribution in [0.3, 0.4) is 0 Å². The maximum Gasteiger partial charge on any atom is 0.332 e. The molecule has 0 aromatic carbocycles. The van der Waals surface area contributed by atoms with Crippen LogP contribution in [0.4, 0.5) is 0 Å². The van der Waals surface area contributed by atoms with Gasteiger partial charge in [0.15, 0.2) is 11.2 Å². The molecule has 0 saturated heterocycles. The van der Waals surface area contributed by atoms with Crippen LogP contribution >= 0.6 is 0 Å². The van der Waals surface area contributed by atoms with Crippen molar-refractivity contribution in [2.45, 2.75) is 26.4 Å². The summed E-state index contributed by atoms with van der Waals surface area (Å²) in [6.45, 7) is 3.75. The number of rotatable bonds is 3. The second-order valence-electron chi connectivity index (χ2n) is 6.30. The molecular formula is C17H20N6O3. The molecule has 3 aromatic heterocycles. The molecule has 0 saturated carbocycles. The molecule has 0 atom stereocenters. The zero-order chi connectivity index (χ0) is 19.0. The van der Waals surface area contributed by atoms with Crippen molar-refractivity contribution in [1.29, 1.82) is 0 Å². The lowest BCUT2D eigenvalue weighted by Crippen LogP contribution is -2.38. The van der Waals surface area contributed by atoms with Crippen LogP contribution in [-0.2, 0) is 20.6 Å². The first-order valence-corrected chi connectivity index (χ1v) is 8.17. The predicted molar refractivity (Wildman–Crippen MR) is 96.0 cm³/mol. The van der Waals surface area contributed by atoms with Crippen molar-refractivity contribution in [3.05, 3.63) is 57.0 Å². The molecule has 9 nitrogen and oxygen atoms in total. The van der Waals surface area contributed by atoms with E-state index in [1.807, 2.05) is 19.9 Å². The molecule has 0 radical (unpaired) electrons. The highest BCUT2D eigenvalue weighted by Gasteiger charge is 2.16. The third-order valence-electron chi connectivity index (χ3n) is 4.02. The predicted octanol–water partition coefficient (Wildman–Crippen LogP) is -0.115. The summed E-state index contributed by atoms with van der Waals surface area (Å²) >= 11 is 0. The van der Waals surface area contributed by atoms with Crippen molar-refractivity contribution in [2.75, 3.05) is 0 Å². The first-order valence-electron chi connectivity index (χ1n) is 8.17. The topological polar surface area (TPSA) is 96.2 Å². The lowest BCUT2D eigenvalue weighted by atomic mass is 10.4. The molecule has 3 rings (SSSR count). The fraction of sp³-hybridized carbons (Fsp3) is 0.353. The van der Waals surface area contributed by atoms with Crippen LogP contribution in [0.15, 0.2) is 45.3 Å². The average molecular weight is 356 g/mol. The zero-order valence-electron chi connectivity index (χ0n) is 15.1. The van der Waals surface area contributed by atoms with Gasteiger partial charge in [0.2, 0.25) is 0 Å². The van der Waals surface area contributed by atoms with E-state index >= 15 is 0 Å². The number of imidazole rings is 1.